The van der Waals surface area contributed by atoms with Gasteiger partial charge in [0.25, 0.3) is 5.56 Å². The second-order valence-electron chi connectivity index (χ2n) is 7.64. The Morgan fingerprint density at radius 2 is 2.00 bits per heavy atom. The highest BCUT2D eigenvalue weighted by molar-refractivity contribution is 7.99. The summed E-state index contributed by atoms with van der Waals surface area (Å²) < 4.78 is 6.42. The molecule has 32 heavy (non-hydrogen) atoms. The van der Waals surface area contributed by atoms with Gasteiger partial charge in [-0.1, -0.05) is 43.3 Å². The smallest absolute Gasteiger partial charge is 0.337 e. The van der Waals surface area contributed by atoms with Crippen molar-refractivity contribution in [2.75, 3.05) is 24.3 Å². The molecule has 0 aliphatic carbocycles. The molecule has 0 radical (unpaired) electrons. The number of esters is 1. The van der Waals surface area contributed by atoms with E-state index in [1.165, 1.54) is 24.4 Å². The lowest BCUT2D eigenvalue weighted by molar-refractivity contribution is -0.116. The summed E-state index contributed by atoms with van der Waals surface area (Å²) in [6.07, 6.45) is 2.60. The minimum atomic E-state index is -0.485. The Bertz CT molecular complexity index is 1240. The summed E-state index contributed by atoms with van der Waals surface area (Å²) in [5, 5.41) is 0.928. The van der Waals surface area contributed by atoms with Crippen molar-refractivity contribution in [3.05, 3.63) is 63.9 Å². The van der Waals surface area contributed by atoms with Gasteiger partial charge in [-0.05, 0) is 42.7 Å². The summed E-state index contributed by atoms with van der Waals surface area (Å²) >= 11 is 1.26. The second-order valence-corrected chi connectivity index (χ2v) is 8.58. The highest BCUT2D eigenvalue weighted by atomic mass is 32.2. The Balaban J connectivity index is 1.64. The van der Waals surface area contributed by atoms with E-state index >= 15 is 0 Å². The Morgan fingerprint density at radius 3 is 2.78 bits per heavy atom. The van der Waals surface area contributed by atoms with Gasteiger partial charge in [0.1, 0.15) is 0 Å². The maximum Gasteiger partial charge on any atom is 0.337 e. The molecule has 0 saturated heterocycles. The number of methoxy groups -OCH3 is 1. The first-order valence-corrected chi connectivity index (χ1v) is 11.7. The summed E-state index contributed by atoms with van der Waals surface area (Å²) in [4.78, 5) is 44.5. The Morgan fingerprint density at radius 1 is 1.19 bits per heavy atom. The second kappa shape index (κ2) is 9.56. The number of anilines is 1. The van der Waals surface area contributed by atoms with E-state index in [2.05, 4.69) is 11.9 Å². The van der Waals surface area contributed by atoms with Crippen LogP contribution in [0.4, 0.5) is 5.69 Å². The maximum atomic E-state index is 13.2. The molecule has 1 amide bonds. The molecule has 0 atom stereocenters. The zero-order valence-corrected chi connectivity index (χ0v) is 19.0. The molecule has 2 aromatic carbocycles. The number of benzene rings is 2. The average Bonchev–Trinajstić information content (AvgIpc) is 3.25. The minimum absolute atomic E-state index is 0.0142. The van der Waals surface area contributed by atoms with E-state index in [0.29, 0.717) is 34.7 Å². The Kier molecular flexibility index (Phi) is 6.60. The number of para-hydroxylation sites is 1. The fourth-order valence-electron chi connectivity index (χ4n) is 3.87. The van der Waals surface area contributed by atoms with Gasteiger partial charge in [-0.25, -0.2) is 9.78 Å². The summed E-state index contributed by atoms with van der Waals surface area (Å²) in [7, 11) is 1.31. The van der Waals surface area contributed by atoms with Crippen molar-refractivity contribution in [2.24, 2.45) is 0 Å². The molecule has 2 heterocycles. The lowest BCUT2D eigenvalue weighted by Gasteiger charge is -2.18. The zero-order chi connectivity index (χ0) is 22.7. The number of nitrogens with zero attached hydrogens (tertiary/aromatic N) is 3. The van der Waals surface area contributed by atoms with Crippen LogP contribution in [0.15, 0.2) is 52.4 Å². The van der Waals surface area contributed by atoms with Gasteiger partial charge in [-0.15, -0.1) is 0 Å². The molecule has 166 valence electrons. The molecule has 0 saturated carbocycles. The number of hydrogen-bond donors (Lipinski definition) is 0. The molecule has 0 unspecified atom stereocenters. The van der Waals surface area contributed by atoms with Crippen LogP contribution in [0, 0.1) is 0 Å². The van der Waals surface area contributed by atoms with Gasteiger partial charge in [0, 0.05) is 18.8 Å². The van der Waals surface area contributed by atoms with Crippen LogP contribution in [0.5, 0.6) is 0 Å². The van der Waals surface area contributed by atoms with Gasteiger partial charge < -0.3 is 9.64 Å². The van der Waals surface area contributed by atoms with E-state index < -0.39 is 5.97 Å². The molecule has 8 heteroatoms. The predicted octanol–water partition coefficient (Wildman–Crippen LogP) is 3.66. The lowest BCUT2D eigenvalue weighted by atomic mass is 10.1. The van der Waals surface area contributed by atoms with Crippen molar-refractivity contribution in [2.45, 2.75) is 37.9 Å². The number of amides is 1. The highest BCUT2D eigenvalue weighted by Crippen LogP contribution is 2.29. The average molecular weight is 452 g/mol. The van der Waals surface area contributed by atoms with Gasteiger partial charge in [0.2, 0.25) is 5.91 Å². The monoisotopic (exact) mass is 451 g/mol. The zero-order valence-electron chi connectivity index (χ0n) is 18.2. The topological polar surface area (TPSA) is 81.5 Å². The van der Waals surface area contributed by atoms with E-state index in [0.717, 1.165) is 24.9 Å². The van der Waals surface area contributed by atoms with Gasteiger partial charge in [0.05, 0.1) is 29.3 Å². The fraction of sp³-hybridized carbons (Fsp3) is 0.333. The molecule has 1 aromatic heterocycles. The molecule has 0 N–H and O–H groups in total. The molecule has 1 aliphatic heterocycles. The molecular formula is C24H25N3O4S. The normalized spacial score (nSPS) is 12.8. The van der Waals surface area contributed by atoms with Gasteiger partial charge in [-0.3, -0.25) is 14.2 Å². The molecular weight excluding hydrogens is 426 g/mol. The predicted molar refractivity (Wildman–Crippen MR) is 125 cm³/mol. The fourth-order valence-corrected chi connectivity index (χ4v) is 4.77. The van der Waals surface area contributed by atoms with Crippen molar-refractivity contribution >= 4 is 40.2 Å². The number of rotatable bonds is 7. The number of unbranched alkanes of at least 4 members (excludes halogenated alkanes) is 1. The summed E-state index contributed by atoms with van der Waals surface area (Å²) in [6.45, 7) is 3.25. The van der Waals surface area contributed by atoms with Crippen LogP contribution >= 0.6 is 11.8 Å². The number of carbonyl (C=O) groups is 2. The molecule has 3 aromatic rings. The van der Waals surface area contributed by atoms with E-state index in [1.54, 1.807) is 27.7 Å². The Labute approximate surface area is 190 Å². The lowest BCUT2D eigenvalue weighted by Crippen LogP contribution is -2.31. The van der Waals surface area contributed by atoms with E-state index in [1.807, 2.05) is 24.3 Å². The SMILES string of the molecule is CCCCn1c(SCC(=O)N2CCc3ccccc32)nc2cc(C(=O)OC)ccc2c1=O. The van der Waals surface area contributed by atoms with Crippen molar-refractivity contribution in [1.29, 1.82) is 0 Å². The molecule has 0 bridgehead atoms. The van der Waals surface area contributed by atoms with Gasteiger partial charge >= 0.3 is 5.97 Å². The third kappa shape index (κ3) is 4.27. The number of ether oxygens (including phenoxy) is 1. The van der Waals surface area contributed by atoms with Crippen molar-refractivity contribution in [3.8, 4) is 0 Å². The van der Waals surface area contributed by atoms with Crippen LogP contribution in [0.1, 0.15) is 35.7 Å². The minimum Gasteiger partial charge on any atom is -0.465 e. The molecule has 0 spiro atoms. The highest BCUT2D eigenvalue weighted by Gasteiger charge is 2.24. The largest absolute Gasteiger partial charge is 0.465 e. The number of thioether (sulfide) groups is 1. The van der Waals surface area contributed by atoms with E-state index in [4.69, 9.17) is 4.74 Å². The summed E-state index contributed by atoms with van der Waals surface area (Å²) in [6, 6.07) is 12.7. The van der Waals surface area contributed by atoms with Crippen LogP contribution in [0.2, 0.25) is 0 Å². The van der Waals surface area contributed by atoms with Crippen LogP contribution in [0.3, 0.4) is 0 Å². The molecule has 0 fully saturated rings. The molecule has 4 rings (SSSR count). The van der Waals surface area contributed by atoms with Crippen LogP contribution < -0.4 is 10.5 Å². The first-order chi connectivity index (χ1) is 15.5. The van der Waals surface area contributed by atoms with Gasteiger partial charge in [0.15, 0.2) is 5.16 Å². The summed E-state index contributed by atoms with van der Waals surface area (Å²) in [5.74, 6) is -0.324. The standard InChI is InChI=1S/C24H25N3O4S/c1-3-4-12-27-22(29)18-10-9-17(23(30)31-2)14-19(18)25-24(27)32-15-21(28)26-13-11-16-7-5-6-8-20(16)26/h5-10,14H,3-4,11-13,15H2,1-2H3. The number of carbonyl (C=O) groups excluding carboxylic acids is 2. The third-order valence-corrected chi connectivity index (χ3v) is 6.55. The third-order valence-electron chi connectivity index (χ3n) is 5.59. The van der Waals surface area contributed by atoms with Crippen molar-refractivity contribution < 1.29 is 14.3 Å². The first-order valence-electron chi connectivity index (χ1n) is 10.7. The number of aromatic nitrogens is 2. The first kappa shape index (κ1) is 22.1. The number of hydrogen-bond acceptors (Lipinski definition) is 6. The quantitative estimate of drug-likeness (QED) is 0.310. The number of fused-ring (bicyclic) bond motifs is 2. The van der Waals surface area contributed by atoms with Crippen molar-refractivity contribution in [1.82, 2.24) is 9.55 Å². The van der Waals surface area contributed by atoms with E-state index in [9.17, 15) is 14.4 Å². The summed E-state index contributed by atoms with van der Waals surface area (Å²) in [5.41, 5.74) is 2.72. The van der Waals surface area contributed by atoms with Crippen LogP contribution in [-0.4, -0.2) is 40.8 Å². The molecule has 1 aliphatic rings. The van der Waals surface area contributed by atoms with Crippen LogP contribution in [-0.2, 0) is 22.5 Å². The maximum absolute atomic E-state index is 13.2. The Hall–Kier alpha value is -3.13. The molecule has 7 nitrogen and oxygen atoms in total. The van der Waals surface area contributed by atoms with Crippen molar-refractivity contribution in [3.63, 3.8) is 0 Å². The van der Waals surface area contributed by atoms with E-state index in [-0.39, 0.29) is 17.2 Å². The van der Waals surface area contributed by atoms with Gasteiger partial charge in [-0.2, -0.15) is 0 Å². The van der Waals surface area contributed by atoms with Crippen LogP contribution in [0.25, 0.3) is 10.9 Å².